The molecule has 29 heavy (non-hydrogen) atoms. The number of rotatable bonds is 6. The first-order valence-electron chi connectivity index (χ1n) is 10.4. The fraction of sp³-hybridized carbons (Fsp3) is 0.478. The van der Waals surface area contributed by atoms with Gasteiger partial charge in [-0.15, -0.1) is 12.4 Å². The van der Waals surface area contributed by atoms with E-state index in [1.165, 1.54) is 24.0 Å². The van der Waals surface area contributed by atoms with E-state index in [4.69, 9.17) is 14.8 Å². The van der Waals surface area contributed by atoms with Gasteiger partial charge in [0.1, 0.15) is 5.75 Å². The molecule has 5 nitrogen and oxygen atoms in total. The molecule has 3 aromatic rings. The molecule has 0 aliphatic carbocycles. The topological polar surface area (TPSA) is 51.5 Å². The van der Waals surface area contributed by atoms with Crippen LogP contribution in [0.25, 0.3) is 5.65 Å². The quantitative estimate of drug-likeness (QED) is 0.653. The van der Waals surface area contributed by atoms with Crippen molar-refractivity contribution in [2.24, 2.45) is 5.92 Å². The number of nitrogens with zero attached hydrogens (tertiary/aromatic N) is 3. The molecule has 0 spiro atoms. The molecule has 1 aliphatic rings. The third-order valence-electron chi connectivity index (χ3n) is 5.66. The molecule has 0 saturated carbocycles. The van der Waals surface area contributed by atoms with Crippen LogP contribution in [0.2, 0.25) is 0 Å². The van der Waals surface area contributed by atoms with Crippen LogP contribution in [0.15, 0.2) is 30.3 Å². The highest BCUT2D eigenvalue weighted by molar-refractivity contribution is 5.85. The number of piperidine rings is 1. The van der Waals surface area contributed by atoms with Crippen LogP contribution in [0.4, 0.5) is 0 Å². The lowest BCUT2D eigenvalue weighted by Gasteiger charge is -2.22. The minimum atomic E-state index is 0. The summed E-state index contributed by atoms with van der Waals surface area (Å²) in [5.74, 6) is 1.63. The number of halogens is 1. The van der Waals surface area contributed by atoms with E-state index in [9.17, 15) is 0 Å². The Balaban J connectivity index is 0.00000240. The summed E-state index contributed by atoms with van der Waals surface area (Å²) in [6, 6.07) is 10.6. The van der Waals surface area contributed by atoms with Crippen LogP contribution in [0.3, 0.4) is 0 Å². The minimum Gasteiger partial charge on any atom is -0.493 e. The molecule has 0 amide bonds. The van der Waals surface area contributed by atoms with Gasteiger partial charge in [-0.1, -0.05) is 19.1 Å². The highest BCUT2D eigenvalue weighted by Gasteiger charge is 2.16. The predicted molar refractivity (Wildman–Crippen MR) is 119 cm³/mol. The molecule has 1 N–H and O–H groups in total. The van der Waals surface area contributed by atoms with E-state index in [1.54, 1.807) is 0 Å². The first-order chi connectivity index (χ1) is 13.6. The molecule has 0 atom stereocenters. The molecular formula is C23H31ClN4O. The minimum absolute atomic E-state index is 0. The van der Waals surface area contributed by atoms with Crippen molar-refractivity contribution in [1.82, 2.24) is 19.9 Å². The second-order valence-corrected chi connectivity index (χ2v) is 7.88. The Morgan fingerprint density at radius 3 is 2.55 bits per heavy atom. The van der Waals surface area contributed by atoms with Crippen molar-refractivity contribution in [1.29, 1.82) is 0 Å². The molecule has 0 radical (unpaired) electrons. The molecular weight excluding hydrogens is 384 g/mol. The lowest BCUT2D eigenvalue weighted by Crippen LogP contribution is -2.30. The fourth-order valence-electron chi connectivity index (χ4n) is 4.04. The summed E-state index contributed by atoms with van der Waals surface area (Å²) < 4.78 is 8.01. The molecule has 1 fully saturated rings. The molecule has 4 rings (SSSR count). The average molecular weight is 415 g/mol. The van der Waals surface area contributed by atoms with Crippen LogP contribution in [0, 0.1) is 19.8 Å². The van der Waals surface area contributed by atoms with E-state index >= 15 is 0 Å². The largest absolute Gasteiger partial charge is 0.493 e. The Bertz CT molecular complexity index is 946. The van der Waals surface area contributed by atoms with Crippen LogP contribution in [-0.4, -0.2) is 34.3 Å². The van der Waals surface area contributed by atoms with Crippen molar-refractivity contribution >= 4 is 18.1 Å². The molecule has 156 valence electrons. The number of hydrogen-bond donors (Lipinski definition) is 1. The van der Waals surface area contributed by atoms with Crippen molar-refractivity contribution in [3.63, 3.8) is 0 Å². The first-order valence-corrected chi connectivity index (χ1v) is 10.4. The van der Waals surface area contributed by atoms with Crippen molar-refractivity contribution < 1.29 is 4.74 Å². The van der Waals surface area contributed by atoms with Crippen LogP contribution in [0.5, 0.6) is 5.75 Å². The maximum atomic E-state index is 6.03. The summed E-state index contributed by atoms with van der Waals surface area (Å²) >= 11 is 0. The van der Waals surface area contributed by atoms with Gasteiger partial charge in [0, 0.05) is 23.4 Å². The summed E-state index contributed by atoms with van der Waals surface area (Å²) in [5, 5.41) is 8.19. The third-order valence-corrected chi connectivity index (χ3v) is 5.66. The monoisotopic (exact) mass is 414 g/mol. The van der Waals surface area contributed by atoms with Gasteiger partial charge in [0.25, 0.3) is 0 Å². The van der Waals surface area contributed by atoms with Crippen LogP contribution in [-0.2, 0) is 12.8 Å². The lowest BCUT2D eigenvalue weighted by atomic mass is 9.99. The molecule has 0 unspecified atom stereocenters. The predicted octanol–water partition coefficient (Wildman–Crippen LogP) is 4.30. The zero-order valence-electron chi connectivity index (χ0n) is 17.6. The van der Waals surface area contributed by atoms with Gasteiger partial charge in [0.15, 0.2) is 5.65 Å². The lowest BCUT2D eigenvalue weighted by molar-refractivity contribution is 0.215. The number of fused-ring (bicyclic) bond motifs is 1. The van der Waals surface area contributed by atoms with Crippen molar-refractivity contribution in [3.05, 3.63) is 58.5 Å². The summed E-state index contributed by atoms with van der Waals surface area (Å²) in [7, 11) is 0. The average Bonchev–Trinajstić information content (AvgIpc) is 3.06. The Morgan fingerprint density at radius 2 is 1.86 bits per heavy atom. The highest BCUT2D eigenvalue weighted by Crippen LogP contribution is 2.23. The summed E-state index contributed by atoms with van der Waals surface area (Å²) in [4.78, 5) is 4.77. The van der Waals surface area contributed by atoms with Crippen molar-refractivity contribution in [2.45, 2.75) is 46.5 Å². The van der Waals surface area contributed by atoms with E-state index in [1.807, 2.05) is 11.4 Å². The van der Waals surface area contributed by atoms with Gasteiger partial charge >= 0.3 is 0 Å². The van der Waals surface area contributed by atoms with E-state index in [0.717, 1.165) is 61.0 Å². The van der Waals surface area contributed by atoms with E-state index < -0.39 is 0 Å². The number of nitrogens with one attached hydrogen (secondary N) is 1. The van der Waals surface area contributed by atoms with E-state index in [-0.39, 0.29) is 12.4 Å². The molecule has 1 aromatic carbocycles. The maximum absolute atomic E-state index is 6.03. The number of ether oxygens (including phenoxy) is 1. The van der Waals surface area contributed by atoms with Gasteiger partial charge in [-0.3, -0.25) is 0 Å². The van der Waals surface area contributed by atoms with Crippen LogP contribution < -0.4 is 10.1 Å². The van der Waals surface area contributed by atoms with E-state index in [2.05, 4.69) is 49.5 Å². The summed E-state index contributed by atoms with van der Waals surface area (Å²) in [5.41, 5.74) is 6.78. The van der Waals surface area contributed by atoms with Gasteiger partial charge in [-0.25, -0.2) is 9.50 Å². The van der Waals surface area contributed by atoms with Crippen LogP contribution >= 0.6 is 12.4 Å². The second kappa shape index (κ2) is 9.59. The number of aromatic nitrogens is 3. The molecule has 0 bridgehead atoms. The Labute approximate surface area is 179 Å². The number of aryl methyl sites for hydroxylation is 3. The van der Waals surface area contributed by atoms with Gasteiger partial charge in [-0.05, 0) is 75.9 Å². The maximum Gasteiger partial charge on any atom is 0.159 e. The summed E-state index contributed by atoms with van der Waals surface area (Å²) in [6.07, 6.45) is 4.17. The molecule has 1 aliphatic heterocycles. The molecule has 6 heteroatoms. The summed E-state index contributed by atoms with van der Waals surface area (Å²) in [6.45, 7) is 9.33. The van der Waals surface area contributed by atoms with Crippen molar-refractivity contribution in [3.8, 4) is 5.75 Å². The van der Waals surface area contributed by atoms with E-state index in [0.29, 0.717) is 5.92 Å². The normalized spacial score (nSPS) is 14.7. The highest BCUT2D eigenvalue weighted by atomic mass is 35.5. The Kier molecular flexibility index (Phi) is 7.14. The van der Waals surface area contributed by atoms with Crippen LogP contribution in [0.1, 0.15) is 48.0 Å². The third kappa shape index (κ3) is 4.90. The zero-order chi connectivity index (χ0) is 19.5. The van der Waals surface area contributed by atoms with Gasteiger partial charge < -0.3 is 10.1 Å². The SMILES string of the molecule is CCc1nn2c(C)cc(C)nc2c1Cc1ccc(OCC2CCNCC2)cc1.Cl. The number of hydrogen-bond acceptors (Lipinski definition) is 4. The smallest absolute Gasteiger partial charge is 0.159 e. The zero-order valence-corrected chi connectivity index (χ0v) is 18.4. The number of benzene rings is 1. The first kappa shape index (κ1) is 21.6. The Hall–Kier alpha value is -2.11. The van der Waals surface area contributed by atoms with Gasteiger partial charge in [-0.2, -0.15) is 5.10 Å². The standard InChI is InChI=1S/C23H30N4O.ClH/c1-4-22-21(23-25-16(2)13-17(3)27(23)26-22)14-18-5-7-20(8-6-18)28-15-19-9-11-24-12-10-19;/h5-8,13,19,24H,4,9-12,14-15H2,1-3H3;1H. The van der Waals surface area contributed by atoms with Crippen molar-refractivity contribution in [2.75, 3.05) is 19.7 Å². The van der Waals surface area contributed by atoms with Gasteiger partial charge in [0.2, 0.25) is 0 Å². The fourth-order valence-corrected chi connectivity index (χ4v) is 4.04. The molecule has 3 heterocycles. The molecule has 2 aromatic heterocycles. The van der Waals surface area contributed by atoms with Gasteiger partial charge in [0.05, 0.1) is 12.3 Å². The molecule has 1 saturated heterocycles. The Morgan fingerprint density at radius 1 is 1.14 bits per heavy atom. The second-order valence-electron chi connectivity index (χ2n) is 7.88.